The van der Waals surface area contributed by atoms with Crippen LogP contribution in [0, 0.1) is 17.5 Å². The molecule has 0 amide bonds. The Balaban J connectivity index is 2.31. The van der Waals surface area contributed by atoms with E-state index in [0.29, 0.717) is 23.3 Å². The minimum absolute atomic E-state index is 0.277. The molecule has 1 N–H and O–H groups in total. The van der Waals surface area contributed by atoms with E-state index in [4.69, 9.17) is 4.74 Å². The Kier molecular flexibility index (Phi) is 4.85. The number of likely N-dealkylation sites (N-methyl/N-ethyl adjacent to an activating group) is 1. The Morgan fingerprint density at radius 2 is 1.81 bits per heavy atom. The van der Waals surface area contributed by atoms with E-state index in [1.54, 1.807) is 13.1 Å². The van der Waals surface area contributed by atoms with Crippen molar-refractivity contribution in [2.24, 2.45) is 0 Å². The molecule has 0 fully saturated rings. The molecule has 0 radical (unpaired) electrons. The lowest BCUT2D eigenvalue weighted by atomic mass is 9.98. The molecule has 0 spiro atoms. The summed E-state index contributed by atoms with van der Waals surface area (Å²) in [4.78, 5) is 0. The highest BCUT2D eigenvalue weighted by Crippen LogP contribution is 2.28. The average molecular weight is 295 g/mol. The first-order chi connectivity index (χ1) is 10.0. The maximum atomic E-state index is 13.4. The van der Waals surface area contributed by atoms with Crippen LogP contribution in [0.3, 0.4) is 0 Å². The Morgan fingerprint density at radius 1 is 1.05 bits per heavy atom. The number of benzene rings is 2. The zero-order valence-electron chi connectivity index (χ0n) is 11.8. The van der Waals surface area contributed by atoms with Gasteiger partial charge in [0.25, 0.3) is 0 Å². The summed E-state index contributed by atoms with van der Waals surface area (Å²) in [5.41, 5.74) is 1.24. The Bertz CT molecular complexity index is 631. The lowest BCUT2D eigenvalue weighted by Crippen LogP contribution is -2.20. The first-order valence-corrected chi connectivity index (χ1v) is 6.49. The molecule has 0 heterocycles. The second-order valence-electron chi connectivity index (χ2n) is 4.68. The minimum atomic E-state index is -0.895. The molecule has 1 unspecified atom stereocenters. The highest BCUT2D eigenvalue weighted by atomic mass is 19.2. The molecule has 0 aliphatic rings. The van der Waals surface area contributed by atoms with E-state index in [1.165, 1.54) is 25.3 Å². The topological polar surface area (TPSA) is 21.3 Å². The van der Waals surface area contributed by atoms with Gasteiger partial charge in [-0.3, -0.25) is 0 Å². The van der Waals surface area contributed by atoms with Crippen molar-refractivity contribution in [1.82, 2.24) is 5.32 Å². The fourth-order valence-corrected chi connectivity index (χ4v) is 2.25. The number of ether oxygens (including phenoxy) is 1. The standard InChI is InChI=1S/C16H16F3NO/c1-20-15(8-10-3-5-13(18)14(19)7-10)12-9-11(17)4-6-16(12)21-2/h3-7,9,15,20H,8H2,1-2H3. The van der Waals surface area contributed by atoms with Gasteiger partial charge in [-0.25, -0.2) is 13.2 Å². The van der Waals surface area contributed by atoms with E-state index >= 15 is 0 Å². The molecule has 112 valence electrons. The summed E-state index contributed by atoms with van der Waals surface area (Å²) in [5.74, 6) is -1.62. The molecule has 0 bridgehead atoms. The van der Waals surface area contributed by atoms with E-state index < -0.39 is 11.6 Å². The van der Waals surface area contributed by atoms with E-state index in [2.05, 4.69) is 5.32 Å². The first kappa shape index (κ1) is 15.4. The van der Waals surface area contributed by atoms with Crippen molar-refractivity contribution in [2.75, 3.05) is 14.2 Å². The number of hydrogen-bond acceptors (Lipinski definition) is 2. The second-order valence-corrected chi connectivity index (χ2v) is 4.68. The molecular formula is C16H16F3NO. The van der Waals surface area contributed by atoms with Crippen LogP contribution in [0.15, 0.2) is 36.4 Å². The third-order valence-corrected chi connectivity index (χ3v) is 3.34. The summed E-state index contributed by atoms with van der Waals surface area (Å²) < 4.78 is 44.9. The van der Waals surface area contributed by atoms with E-state index in [0.717, 1.165) is 12.1 Å². The summed E-state index contributed by atoms with van der Waals surface area (Å²) in [7, 11) is 3.22. The minimum Gasteiger partial charge on any atom is -0.496 e. The fourth-order valence-electron chi connectivity index (χ4n) is 2.25. The molecule has 2 aromatic rings. The SMILES string of the molecule is CNC(Cc1ccc(F)c(F)c1)c1cc(F)ccc1OC. The molecule has 0 aromatic heterocycles. The van der Waals surface area contributed by atoms with Crippen molar-refractivity contribution in [3.63, 3.8) is 0 Å². The van der Waals surface area contributed by atoms with Gasteiger partial charge in [0.1, 0.15) is 11.6 Å². The van der Waals surface area contributed by atoms with Gasteiger partial charge in [0, 0.05) is 11.6 Å². The van der Waals surface area contributed by atoms with Crippen LogP contribution in [0.4, 0.5) is 13.2 Å². The molecule has 21 heavy (non-hydrogen) atoms. The van der Waals surface area contributed by atoms with Gasteiger partial charge in [-0.1, -0.05) is 6.07 Å². The van der Waals surface area contributed by atoms with Crippen molar-refractivity contribution in [1.29, 1.82) is 0 Å². The molecule has 0 saturated carbocycles. The smallest absolute Gasteiger partial charge is 0.159 e. The summed E-state index contributed by atoms with van der Waals surface area (Å²) in [6, 6.07) is 7.69. The summed E-state index contributed by atoms with van der Waals surface area (Å²) >= 11 is 0. The van der Waals surface area contributed by atoms with Gasteiger partial charge in [0.15, 0.2) is 11.6 Å². The maximum Gasteiger partial charge on any atom is 0.159 e. The zero-order valence-corrected chi connectivity index (χ0v) is 11.8. The molecular weight excluding hydrogens is 279 g/mol. The monoisotopic (exact) mass is 295 g/mol. The van der Waals surface area contributed by atoms with Crippen molar-refractivity contribution in [2.45, 2.75) is 12.5 Å². The largest absolute Gasteiger partial charge is 0.496 e. The molecule has 2 rings (SSSR count). The van der Waals surface area contributed by atoms with Crippen LogP contribution in [0.1, 0.15) is 17.2 Å². The third-order valence-electron chi connectivity index (χ3n) is 3.34. The number of hydrogen-bond donors (Lipinski definition) is 1. The first-order valence-electron chi connectivity index (χ1n) is 6.49. The van der Waals surface area contributed by atoms with Crippen molar-refractivity contribution < 1.29 is 17.9 Å². The van der Waals surface area contributed by atoms with Crippen LogP contribution < -0.4 is 10.1 Å². The molecule has 0 saturated heterocycles. The van der Waals surface area contributed by atoms with Crippen LogP contribution in [0.25, 0.3) is 0 Å². The number of methoxy groups -OCH3 is 1. The van der Waals surface area contributed by atoms with Gasteiger partial charge in [-0.05, 0) is 49.4 Å². The van der Waals surface area contributed by atoms with Gasteiger partial charge in [0.05, 0.1) is 7.11 Å². The van der Waals surface area contributed by atoms with Crippen molar-refractivity contribution >= 4 is 0 Å². The van der Waals surface area contributed by atoms with Crippen LogP contribution in [-0.2, 0) is 6.42 Å². The number of rotatable bonds is 5. The highest BCUT2D eigenvalue weighted by Gasteiger charge is 2.17. The van der Waals surface area contributed by atoms with E-state index in [-0.39, 0.29) is 11.9 Å². The normalized spacial score (nSPS) is 12.2. The lowest BCUT2D eigenvalue weighted by molar-refractivity contribution is 0.399. The predicted octanol–water partition coefficient (Wildman–Crippen LogP) is 3.62. The molecule has 1 atom stereocenters. The summed E-state index contributed by atoms with van der Waals surface area (Å²) in [5, 5.41) is 3.04. The lowest BCUT2D eigenvalue weighted by Gasteiger charge is -2.19. The summed E-state index contributed by atoms with van der Waals surface area (Å²) in [6.07, 6.45) is 0.382. The van der Waals surface area contributed by atoms with Crippen LogP contribution in [0.2, 0.25) is 0 Å². The molecule has 0 aliphatic heterocycles. The zero-order chi connectivity index (χ0) is 15.4. The number of nitrogens with one attached hydrogen (secondary N) is 1. The summed E-state index contributed by atoms with van der Waals surface area (Å²) in [6.45, 7) is 0. The van der Waals surface area contributed by atoms with Crippen LogP contribution >= 0.6 is 0 Å². The Morgan fingerprint density at radius 3 is 2.43 bits per heavy atom. The average Bonchev–Trinajstić information content (AvgIpc) is 2.48. The predicted molar refractivity (Wildman–Crippen MR) is 74.8 cm³/mol. The Hall–Kier alpha value is -2.01. The van der Waals surface area contributed by atoms with Crippen LogP contribution in [0.5, 0.6) is 5.75 Å². The molecule has 2 aromatic carbocycles. The Labute approximate surface area is 121 Å². The number of halogens is 3. The third kappa shape index (κ3) is 3.55. The van der Waals surface area contributed by atoms with E-state index in [1.807, 2.05) is 0 Å². The van der Waals surface area contributed by atoms with Gasteiger partial charge < -0.3 is 10.1 Å². The van der Waals surface area contributed by atoms with E-state index in [9.17, 15) is 13.2 Å². The van der Waals surface area contributed by atoms with Gasteiger partial charge in [-0.2, -0.15) is 0 Å². The fraction of sp³-hybridized carbons (Fsp3) is 0.250. The molecule has 0 aliphatic carbocycles. The second kappa shape index (κ2) is 6.63. The molecule has 5 heteroatoms. The van der Waals surface area contributed by atoms with Crippen LogP contribution in [-0.4, -0.2) is 14.2 Å². The van der Waals surface area contributed by atoms with Crippen molar-refractivity contribution in [3.8, 4) is 5.75 Å². The molecule has 2 nitrogen and oxygen atoms in total. The maximum absolute atomic E-state index is 13.4. The highest BCUT2D eigenvalue weighted by molar-refractivity contribution is 5.37. The van der Waals surface area contributed by atoms with Crippen molar-refractivity contribution in [3.05, 3.63) is 65.0 Å². The van der Waals surface area contributed by atoms with Gasteiger partial charge >= 0.3 is 0 Å². The van der Waals surface area contributed by atoms with Gasteiger partial charge in [0.2, 0.25) is 0 Å². The van der Waals surface area contributed by atoms with Gasteiger partial charge in [-0.15, -0.1) is 0 Å². The quantitative estimate of drug-likeness (QED) is 0.909.